The highest BCUT2D eigenvalue weighted by molar-refractivity contribution is 7.80. The Kier molecular flexibility index (Phi) is 5.50. The number of hydrogen-bond acceptors (Lipinski definition) is 5. The fraction of sp³-hybridized carbons (Fsp3) is 0.615. The van der Waals surface area contributed by atoms with E-state index in [0.29, 0.717) is 6.42 Å². The molecule has 6 nitrogen and oxygen atoms in total. The summed E-state index contributed by atoms with van der Waals surface area (Å²) in [5, 5.41) is 10.7. The van der Waals surface area contributed by atoms with Crippen LogP contribution in [0.1, 0.15) is 45.5 Å². The van der Waals surface area contributed by atoms with Crippen LogP contribution in [0.5, 0.6) is 0 Å². The highest BCUT2D eigenvalue weighted by Crippen LogP contribution is 2.23. The van der Waals surface area contributed by atoms with Gasteiger partial charge >= 0.3 is 0 Å². The molecule has 1 heterocycles. The van der Waals surface area contributed by atoms with Crippen LogP contribution in [0, 0.1) is 5.41 Å². The van der Waals surface area contributed by atoms with Crippen molar-refractivity contribution in [2.75, 3.05) is 5.32 Å². The van der Waals surface area contributed by atoms with Gasteiger partial charge in [0, 0.05) is 0 Å². The summed E-state index contributed by atoms with van der Waals surface area (Å²) in [4.78, 5) is 16.8. The van der Waals surface area contributed by atoms with Gasteiger partial charge in [-0.1, -0.05) is 33.0 Å². The molecule has 0 radical (unpaired) electrons. The summed E-state index contributed by atoms with van der Waals surface area (Å²) < 4.78 is 0. The van der Waals surface area contributed by atoms with Gasteiger partial charge in [-0.15, -0.1) is 10.2 Å². The van der Waals surface area contributed by atoms with Crippen molar-refractivity contribution in [2.24, 2.45) is 11.1 Å². The van der Waals surface area contributed by atoms with Crippen molar-refractivity contribution in [2.45, 2.75) is 47.0 Å². The summed E-state index contributed by atoms with van der Waals surface area (Å²) in [5.74, 6) is -0.111. The molecular weight excluding hydrogens is 274 g/mol. The maximum atomic E-state index is 12.3. The Labute approximate surface area is 124 Å². The zero-order valence-corrected chi connectivity index (χ0v) is 13.2. The SMILES string of the molecule is CCc1nnc(NC(=O)C(C)(CC)C(N)=S)nc1CC. The summed E-state index contributed by atoms with van der Waals surface area (Å²) in [6.07, 6.45) is 2.01. The smallest absolute Gasteiger partial charge is 0.249 e. The third-order valence-corrected chi connectivity index (χ3v) is 3.94. The number of rotatable bonds is 6. The number of aryl methyl sites for hydroxylation is 2. The number of nitrogens with one attached hydrogen (secondary N) is 1. The molecule has 1 aromatic rings. The van der Waals surface area contributed by atoms with Crippen molar-refractivity contribution in [1.29, 1.82) is 0 Å². The molecule has 3 N–H and O–H groups in total. The van der Waals surface area contributed by atoms with Gasteiger partial charge < -0.3 is 5.73 Å². The Morgan fingerprint density at radius 2 is 1.85 bits per heavy atom. The first kappa shape index (κ1) is 16.4. The molecule has 0 aliphatic rings. The molecule has 1 unspecified atom stereocenters. The van der Waals surface area contributed by atoms with Crippen molar-refractivity contribution in [1.82, 2.24) is 15.2 Å². The molecule has 0 bridgehead atoms. The number of aromatic nitrogens is 3. The molecule has 0 saturated heterocycles. The lowest BCUT2D eigenvalue weighted by atomic mass is 9.86. The first-order valence-electron chi connectivity index (χ1n) is 6.72. The third kappa shape index (κ3) is 3.27. The normalized spacial score (nSPS) is 13.6. The fourth-order valence-corrected chi connectivity index (χ4v) is 1.91. The van der Waals surface area contributed by atoms with Crippen LogP contribution in [0.15, 0.2) is 0 Å². The van der Waals surface area contributed by atoms with E-state index in [1.165, 1.54) is 0 Å². The molecule has 0 aliphatic heterocycles. The summed E-state index contributed by atoms with van der Waals surface area (Å²) in [6, 6.07) is 0. The molecule has 0 aliphatic carbocycles. The van der Waals surface area contributed by atoms with Gasteiger partial charge in [0.15, 0.2) is 0 Å². The van der Waals surface area contributed by atoms with Crippen LogP contribution in [0.4, 0.5) is 5.95 Å². The minimum absolute atomic E-state index is 0.159. The summed E-state index contributed by atoms with van der Waals surface area (Å²) >= 11 is 4.97. The topological polar surface area (TPSA) is 93.8 Å². The first-order valence-corrected chi connectivity index (χ1v) is 7.13. The molecular formula is C13H21N5OS. The van der Waals surface area contributed by atoms with Crippen molar-refractivity contribution in [3.63, 3.8) is 0 Å². The third-order valence-electron chi connectivity index (χ3n) is 3.49. The van der Waals surface area contributed by atoms with Gasteiger partial charge in [-0.3, -0.25) is 10.1 Å². The molecule has 110 valence electrons. The minimum atomic E-state index is -0.908. The van der Waals surface area contributed by atoms with Crippen LogP contribution in [0.3, 0.4) is 0 Å². The van der Waals surface area contributed by atoms with E-state index in [-0.39, 0.29) is 16.8 Å². The average Bonchev–Trinajstić information content (AvgIpc) is 2.45. The van der Waals surface area contributed by atoms with Crippen molar-refractivity contribution in [3.05, 3.63) is 11.4 Å². The van der Waals surface area contributed by atoms with Crippen LogP contribution in [0.2, 0.25) is 0 Å². The second kappa shape index (κ2) is 6.69. The lowest BCUT2D eigenvalue weighted by Gasteiger charge is -2.24. The standard InChI is InChI=1S/C13H21N5OS/c1-5-8-9(6-2)17-18-12(15-8)16-11(19)13(4,7-3)10(14)20/h5-7H2,1-4H3,(H2,14,20)(H,15,16,18,19). The molecule has 1 atom stereocenters. The molecule has 0 aromatic carbocycles. The summed E-state index contributed by atoms with van der Waals surface area (Å²) in [6.45, 7) is 7.54. The zero-order chi connectivity index (χ0) is 15.3. The van der Waals surface area contributed by atoms with Crippen LogP contribution < -0.4 is 11.1 Å². The van der Waals surface area contributed by atoms with Crippen LogP contribution in [-0.4, -0.2) is 26.1 Å². The lowest BCUT2D eigenvalue weighted by Crippen LogP contribution is -2.43. The zero-order valence-electron chi connectivity index (χ0n) is 12.4. The van der Waals surface area contributed by atoms with Gasteiger partial charge in [0.25, 0.3) is 0 Å². The second-order valence-corrected chi connectivity index (χ2v) is 5.18. The molecule has 20 heavy (non-hydrogen) atoms. The van der Waals surface area contributed by atoms with Gasteiger partial charge in [-0.05, 0) is 26.2 Å². The van der Waals surface area contributed by atoms with Crippen molar-refractivity contribution < 1.29 is 4.79 Å². The summed E-state index contributed by atoms with van der Waals surface area (Å²) in [5.41, 5.74) is 6.43. The Balaban J connectivity index is 2.99. The number of thiocarbonyl (C=S) groups is 1. The molecule has 0 saturated carbocycles. The molecule has 7 heteroatoms. The van der Waals surface area contributed by atoms with E-state index in [4.69, 9.17) is 18.0 Å². The predicted molar refractivity (Wildman–Crippen MR) is 82.4 cm³/mol. The average molecular weight is 295 g/mol. The van der Waals surface area contributed by atoms with Crippen LogP contribution in [0.25, 0.3) is 0 Å². The van der Waals surface area contributed by atoms with Gasteiger partial charge in [0.1, 0.15) is 0 Å². The quantitative estimate of drug-likeness (QED) is 0.775. The predicted octanol–water partition coefficient (Wildman–Crippen LogP) is 1.64. The number of nitrogens with two attached hydrogens (primary N) is 1. The number of anilines is 1. The highest BCUT2D eigenvalue weighted by Gasteiger charge is 2.35. The Morgan fingerprint density at radius 3 is 2.30 bits per heavy atom. The number of nitrogens with zero attached hydrogens (tertiary/aromatic N) is 3. The minimum Gasteiger partial charge on any atom is -0.392 e. The molecule has 1 aromatic heterocycles. The molecule has 0 fully saturated rings. The monoisotopic (exact) mass is 295 g/mol. The number of carbonyl (C=O) groups excluding carboxylic acids is 1. The van der Waals surface area contributed by atoms with Gasteiger partial charge in [0.05, 0.1) is 21.8 Å². The van der Waals surface area contributed by atoms with Crippen LogP contribution >= 0.6 is 12.2 Å². The molecule has 0 spiro atoms. The van der Waals surface area contributed by atoms with E-state index in [0.717, 1.165) is 24.2 Å². The number of amides is 1. The lowest BCUT2D eigenvalue weighted by molar-refractivity contribution is -0.121. The van der Waals surface area contributed by atoms with E-state index in [2.05, 4.69) is 20.5 Å². The Morgan fingerprint density at radius 1 is 1.25 bits per heavy atom. The maximum absolute atomic E-state index is 12.3. The van der Waals surface area contributed by atoms with Crippen molar-refractivity contribution in [3.8, 4) is 0 Å². The van der Waals surface area contributed by atoms with Gasteiger partial charge in [0.2, 0.25) is 11.9 Å². The number of carbonyl (C=O) groups is 1. The van der Waals surface area contributed by atoms with E-state index in [1.54, 1.807) is 6.92 Å². The Bertz CT molecular complexity index is 519. The second-order valence-electron chi connectivity index (χ2n) is 4.74. The van der Waals surface area contributed by atoms with Gasteiger partial charge in [-0.2, -0.15) is 0 Å². The van der Waals surface area contributed by atoms with E-state index < -0.39 is 5.41 Å². The largest absolute Gasteiger partial charge is 0.392 e. The van der Waals surface area contributed by atoms with E-state index in [1.807, 2.05) is 20.8 Å². The maximum Gasteiger partial charge on any atom is 0.249 e. The number of hydrogen-bond donors (Lipinski definition) is 2. The first-order chi connectivity index (χ1) is 9.38. The van der Waals surface area contributed by atoms with E-state index in [9.17, 15) is 4.79 Å². The van der Waals surface area contributed by atoms with Crippen LogP contribution in [-0.2, 0) is 17.6 Å². The van der Waals surface area contributed by atoms with Crippen molar-refractivity contribution >= 4 is 29.1 Å². The van der Waals surface area contributed by atoms with Gasteiger partial charge in [-0.25, -0.2) is 4.98 Å². The fourth-order valence-electron chi connectivity index (χ4n) is 1.68. The molecule has 1 amide bonds. The Hall–Kier alpha value is -1.63. The summed E-state index contributed by atoms with van der Waals surface area (Å²) in [7, 11) is 0. The van der Waals surface area contributed by atoms with E-state index >= 15 is 0 Å². The highest BCUT2D eigenvalue weighted by atomic mass is 32.1. The molecule has 1 rings (SSSR count).